The van der Waals surface area contributed by atoms with Crippen molar-refractivity contribution in [3.63, 3.8) is 0 Å². The Labute approximate surface area is 110 Å². The number of carboxylic acids is 1. The van der Waals surface area contributed by atoms with Crippen LogP contribution in [-0.2, 0) is 9.59 Å². The van der Waals surface area contributed by atoms with Crippen molar-refractivity contribution < 1.29 is 24.6 Å². The molecule has 1 atom stereocenters. The number of amides is 3. The van der Waals surface area contributed by atoms with Gasteiger partial charge < -0.3 is 25.7 Å². The highest BCUT2D eigenvalue weighted by Gasteiger charge is 2.41. The molecular weight excluding hydrogens is 254 g/mol. The number of aliphatic hydroxyl groups is 1. The van der Waals surface area contributed by atoms with E-state index in [9.17, 15) is 14.4 Å². The van der Waals surface area contributed by atoms with Crippen LogP contribution < -0.4 is 10.6 Å². The first-order chi connectivity index (χ1) is 8.80. The Kier molecular flexibility index (Phi) is 4.71. The Morgan fingerprint density at radius 1 is 1.53 bits per heavy atom. The Balaban J connectivity index is 2.76. The van der Waals surface area contributed by atoms with Gasteiger partial charge in [-0.05, 0) is 13.8 Å². The molecule has 0 aromatic heterocycles. The van der Waals surface area contributed by atoms with Gasteiger partial charge in [-0.3, -0.25) is 4.79 Å². The van der Waals surface area contributed by atoms with Crippen LogP contribution in [0.25, 0.3) is 0 Å². The third-order valence-corrected chi connectivity index (χ3v) is 3.11. The van der Waals surface area contributed by atoms with Gasteiger partial charge in [0.15, 0.2) is 0 Å². The summed E-state index contributed by atoms with van der Waals surface area (Å²) < 4.78 is 0. The third kappa shape index (κ3) is 3.34. The first-order valence-electron chi connectivity index (χ1n) is 6.00. The van der Waals surface area contributed by atoms with E-state index in [0.717, 1.165) is 0 Å². The summed E-state index contributed by atoms with van der Waals surface area (Å²) in [6, 6.07) is -1.79. The van der Waals surface area contributed by atoms with Crippen molar-refractivity contribution in [3.8, 4) is 0 Å². The van der Waals surface area contributed by atoms with Crippen molar-refractivity contribution in [2.24, 2.45) is 0 Å². The lowest BCUT2D eigenvalue weighted by molar-refractivity contribution is -0.139. The number of rotatable bonds is 4. The zero-order valence-electron chi connectivity index (χ0n) is 11.0. The molecule has 1 aliphatic heterocycles. The molecule has 1 aliphatic rings. The predicted octanol–water partition coefficient (Wildman–Crippen LogP) is -1.26. The molecule has 0 bridgehead atoms. The number of carbonyl (C=O) groups excluding carboxylic acids is 2. The molecule has 1 saturated heterocycles. The van der Waals surface area contributed by atoms with Crippen molar-refractivity contribution in [2.45, 2.75) is 31.8 Å². The number of hydrogen-bond acceptors (Lipinski definition) is 4. The maximum absolute atomic E-state index is 12.0. The number of nitrogens with zero attached hydrogens (tertiary/aromatic N) is 1. The van der Waals surface area contributed by atoms with Gasteiger partial charge in [-0.15, -0.1) is 0 Å². The molecule has 0 radical (unpaired) electrons. The van der Waals surface area contributed by atoms with Crippen LogP contribution in [0.15, 0.2) is 0 Å². The Bertz CT molecular complexity index is 383. The summed E-state index contributed by atoms with van der Waals surface area (Å²) in [5.41, 5.74) is -1.04. The number of aliphatic hydroxyl groups excluding tert-OH is 1. The fourth-order valence-corrected chi connectivity index (χ4v) is 1.87. The van der Waals surface area contributed by atoms with E-state index in [0.29, 0.717) is 13.1 Å². The van der Waals surface area contributed by atoms with Crippen molar-refractivity contribution in [3.05, 3.63) is 0 Å². The van der Waals surface area contributed by atoms with Crippen LogP contribution in [-0.4, -0.2) is 64.3 Å². The molecule has 8 heteroatoms. The Hall–Kier alpha value is -1.83. The minimum absolute atomic E-state index is 0.0818. The molecule has 0 aromatic rings. The number of urea groups is 1. The van der Waals surface area contributed by atoms with Crippen LogP contribution in [0.1, 0.15) is 20.3 Å². The van der Waals surface area contributed by atoms with Gasteiger partial charge in [0, 0.05) is 26.1 Å². The fourth-order valence-electron chi connectivity index (χ4n) is 1.87. The molecule has 4 N–H and O–H groups in total. The van der Waals surface area contributed by atoms with Gasteiger partial charge >= 0.3 is 12.0 Å². The molecule has 1 rings (SSSR count). The summed E-state index contributed by atoms with van der Waals surface area (Å²) in [6.45, 7) is 3.45. The monoisotopic (exact) mass is 273 g/mol. The van der Waals surface area contributed by atoms with Crippen molar-refractivity contribution in [1.29, 1.82) is 0 Å². The molecule has 19 heavy (non-hydrogen) atoms. The van der Waals surface area contributed by atoms with Crippen LogP contribution >= 0.6 is 0 Å². The summed E-state index contributed by atoms with van der Waals surface area (Å²) in [7, 11) is 0. The molecule has 1 heterocycles. The summed E-state index contributed by atoms with van der Waals surface area (Å²) >= 11 is 0. The quantitative estimate of drug-likeness (QED) is 0.510. The van der Waals surface area contributed by atoms with Gasteiger partial charge in [0.2, 0.25) is 5.91 Å². The van der Waals surface area contributed by atoms with Crippen LogP contribution in [0.2, 0.25) is 0 Å². The van der Waals surface area contributed by atoms with E-state index < -0.39 is 23.6 Å². The van der Waals surface area contributed by atoms with E-state index in [1.165, 1.54) is 4.90 Å². The van der Waals surface area contributed by atoms with E-state index in [-0.39, 0.29) is 18.9 Å². The summed E-state index contributed by atoms with van der Waals surface area (Å²) in [4.78, 5) is 35.9. The molecule has 8 nitrogen and oxygen atoms in total. The first kappa shape index (κ1) is 15.2. The van der Waals surface area contributed by atoms with Gasteiger partial charge in [0.05, 0.1) is 0 Å². The molecule has 3 amide bonds. The molecule has 0 aliphatic carbocycles. The number of piperazine rings is 1. The molecule has 1 fully saturated rings. The van der Waals surface area contributed by atoms with E-state index >= 15 is 0 Å². The predicted molar refractivity (Wildman–Crippen MR) is 65.5 cm³/mol. The van der Waals surface area contributed by atoms with Crippen LogP contribution in [0.5, 0.6) is 0 Å². The van der Waals surface area contributed by atoms with Gasteiger partial charge in [0.1, 0.15) is 11.6 Å². The molecule has 0 saturated carbocycles. The van der Waals surface area contributed by atoms with Crippen molar-refractivity contribution >= 4 is 17.9 Å². The van der Waals surface area contributed by atoms with E-state index in [4.69, 9.17) is 10.2 Å². The second-order valence-corrected chi connectivity index (χ2v) is 4.82. The van der Waals surface area contributed by atoms with Gasteiger partial charge in [0.25, 0.3) is 0 Å². The van der Waals surface area contributed by atoms with Crippen LogP contribution in [0.3, 0.4) is 0 Å². The van der Waals surface area contributed by atoms with Crippen molar-refractivity contribution in [2.75, 3.05) is 19.7 Å². The number of hydrogen-bond donors (Lipinski definition) is 4. The Morgan fingerprint density at radius 3 is 2.68 bits per heavy atom. The summed E-state index contributed by atoms with van der Waals surface area (Å²) in [5, 5.41) is 22.6. The summed E-state index contributed by atoms with van der Waals surface area (Å²) in [6.07, 6.45) is -0.0818. The average Bonchev–Trinajstić information content (AvgIpc) is 2.31. The van der Waals surface area contributed by atoms with Crippen LogP contribution in [0, 0.1) is 0 Å². The number of aliphatic carboxylic acids is 1. The van der Waals surface area contributed by atoms with Gasteiger partial charge in [-0.25, -0.2) is 9.59 Å². The normalized spacial score (nSPS) is 19.5. The SMILES string of the molecule is CC1(C)C(=O)NCCN1C(=O)NC(CCO)C(=O)O. The molecule has 108 valence electrons. The highest BCUT2D eigenvalue weighted by Crippen LogP contribution is 2.17. The molecule has 0 spiro atoms. The smallest absolute Gasteiger partial charge is 0.326 e. The maximum Gasteiger partial charge on any atom is 0.326 e. The number of nitrogens with one attached hydrogen (secondary N) is 2. The largest absolute Gasteiger partial charge is 0.480 e. The van der Waals surface area contributed by atoms with Crippen LogP contribution in [0.4, 0.5) is 4.79 Å². The maximum atomic E-state index is 12.0. The lowest BCUT2D eigenvalue weighted by Crippen LogP contribution is -2.66. The van der Waals surface area contributed by atoms with Gasteiger partial charge in [-0.1, -0.05) is 0 Å². The van der Waals surface area contributed by atoms with Gasteiger partial charge in [-0.2, -0.15) is 0 Å². The minimum Gasteiger partial charge on any atom is -0.480 e. The molecule has 0 aromatic carbocycles. The zero-order valence-corrected chi connectivity index (χ0v) is 11.0. The minimum atomic E-state index is -1.22. The lowest BCUT2D eigenvalue weighted by atomic mass is 9.99. The highest BCUT2D eigenvalue weighted by molar-refractivity contribution is 5.92. The first-order valence-corrected chi connectivity index (χ1v) is 6.00. The zero-order chi connectivity index (χ0) is 14.6. The third-order valence-electron chi connectivity index (χ3n) is 3.11. The van der Waals surface area contributed by atoms with Crippen molar-refractivity contribution in [1.82, 2.24) is 15.5 Å². The molecule has 1 unspecified atom stereocenters. The second-order valence-electron chi connectivity index (χ2n) is 4.82. The van der Waals surface area contributed by atoms with E-state index in [2.05, 4.69) is 10.6 Å². The molecular formula is C11H19N3O5. The standard InChI is InChI=1S/C11H19N3O5/c1-11(2)9(18)12-4-5-14(11)10(19)13-7(3-6-15)8(16)17/h7,15H,3-6H2,1-2H3,(H,12,18)(H,13,19)(H,16,17). The number of carbonyl (C=O) groups is 3. The van der Waals surface area contributed by atoms with E-state index in [1.807, 2.05) is 0 Å². The second kappa shape index (κ2) is 5.87. The summed E-state index contributed by atoms with van der Waals surface area (Å²) in [5.74, 6) is -1.51. The topological polar surface area (TPSA) is 119 Å². The highest BCUT2D eigenvalue weighted by atomic mass is 16.4. The average molecular weight is 273 g/mol. The lowest BCUT2D eigenvalue weighted by Gasteiger charge is -2.41. The Morgan fingerprint density at radius 2 is 2.16 bits per heavy atom. The fraction of sp³-hybridized carbons (Fsp3) is 0.727. The van der Waals surface area contributed by atoms with E-state index in [1.54, 1.807) is 13.8 Å². The number of carboxylic acid groups (broad SMARTS) is 1.